The van der Waals surface area contributed by atoms with E-state index in [9.17, 15) is 9.59 Å². The highest BCUT2D eigenvalue weighted by molar-refractivity contribution is 7.99. The standard InChI is InChI=1S/C25H27N5O2S/c1-4-30-23-22(18(3)28-30)27-25(29(24(23)32)14-13-19-10-6-5-7-11-19)33-16-21(31)26-20-12-8-9-17(2)15-20/h5-12,15H,4,13-14,16H2,1-3H3,(H,26,31). The lowest BCUT2D eigenvalue weighted by Gasteiger charge is -2.13. The molecule has 33 heavy (non-hydrogen) atoms. The third kappa shape index (κ3) is 5.17. The minimum Gasteiger partial charge on any atom is -0.325 e. The second kappa shape index (κ2) is 10.0. The number of hydrogen-bond acceptors (Lipinski definition) is 5. The quantitative estimate of drug-likeness (QED) is 0.314. The largest absolute Gasteiger partial charge is 0.325 e. The molecule has 0 atom stereocenters. The smallest absolute Gasteiger partial charge is 0.280 e. The monoisotopic (exact) mass is 461 g/mol. The molecule has 4 rings (SSSR count). The maximum Gasteiger partial charge on any atom is 0.280 e. The highest BCUT2D eigenvalue weighted by Gasteiger charge is 2.19. The maximum atomic E-state index is 13.5. The van der Waals surface area contributed by atoms with Gasteiger partial charge in [0.2, 0.25) is 5.91 Å². The molecule has 0 unspecified atom stereocenters. The molecule has 8 heteroatoms. The van der Waals surface area contributed by atoms with Crippen molar-refractivity contribution in [2.75, 3.05) is 11.1 Å². The van der Waals surface area contributed by atoms with E-state index >= 15 is 0 Å². The number of nitrogens with one attached hydrogen (secondary N) is 1. The van der Waals surface area contributed by atoms with Crippen LogP contribution in [-0.4, -0.2) is 31.0 Å². The molecule has 1 N–H and O–H groups in total. The zero-order chi connectivity index (χ0) is 23.4. The van der Waals surface area contributed by atoms with E-state index in [0.717, 1.165) is 16.8 Å². The fourth-order valence-electron chi connectivity index (χ4n) is 3.76. The first kappa shape index (κ1) is 22.8. The van der Waals surface area contributed by atoms with Crippen LogP contribution in [-0.2, 0) is 24.3 Å². The molecule has 4 aromatic rings. The van der Waals surface area contributed by atoms with Gasteiger partial charge >= 0.3 is 0 Å². The van der Waals surface area contributed by atoms with Crippen molar-refractivity contribution in [3.05, 3.63) is 81.8 Å². The van der Waals surface area contributed by atoms with Crippen molar-refractivity contribution in [2.45, 2.75) is 45.4 Å². The SMILES string of the molecule is CCn1nc(C)c2nc(SCC(=O)Nc3cccc(C)c3)n(CCc3ccccc3)c(=O)c21. The first-order chi connectivity index (χ1) is 16.0. The second-order valence-corrected chi connectivity index (χ2v) is 8.83. The van der Waals surface area contributed by atoms with Gasteiger partial charge in [-0.15, -0.1) is 0 Å². The molecule has 0 aliphatic rings. The van der Waals surface area contributed by atoms with Gasteiger partial charge in [0.05, 0.1) is 11.4 Å². The lowest BCUT2D eigenvalue weighted by molar-refractivity contribution is -0.113. The van der Waals surface area contributed by atoms with Gasteiger partial charge in [-0.05, 0) is 50.5 Å². The van der Waals surface area contributed by atoms with Gasteiger partial charge in [0.25, 0.3) is 5.56 Å². The number of benzene rings is 2. The number of thioether (sulfide) groups is 1. The molecule has 0 fully saturated rings. The first-order valence-corrected chi connectivity index (χ1v) is 12.0. The average molecular weight is 462 g/mol. The van der Waals surface area contributed by atoms with Gasteiger partial charge in [0.15, 0.2) is 10.7 Å². The number of carbonyl (C=O) groups excluding carboxylic acids is 1. The Morgan fingerprint density at radius 3 is 2.61 bits per heavy atom. The summed E-state index contributed by atoms with van der Waals surface area (Å²) in [5.41, 5.74) is 4.66. The highest BCUT2D eigenvalue weighted by Crippen LogP contribution is 2.21. The number of rotatable bonds is 8. The van der Waals surface area contributed by atoms with Crippen LogP contribution in [0.2, 0.25) is 0 Å². The Bertz CT molecular complexity index is 1340. The van der Waals surface area contributed by atoms with E-state index in [4.69, 9.17) is 4.98 Å². The molecule has 0 bridgehead atoms. The summed E-state index contributed by atoms with van der Waals surface area (Å²) >= 11 is 1.27. The zero-order valence-corrected chi connectivity index (χ0v) is 19.9. The molecule has 7 nitrogen and oxygen atoms in total. The van der Waals surface area contributed by atoms with E-state index in [2.05, 4.69) is 10.4 Å². The number of anilines is 1. The first-order valence-electron chi connectivity index (χ1n) is 11.0. The third-order valence-corrected chi connectivity index (χ3v) is 6.36. The molecular formula is C25H27N5O2S. The van der Waals surface area contributed by atoms with E-state index in [1.165, 1.54) is 11.8 Å². The van der Waals surface area contributed by atoms with Crippen molar-refractivity contribution in [3.63, 3.8) is 0 Å². The van der Waals surface area contributed by atoms with Gasteiger partial charge in [0, 0.05) is 18.8 Å². The van der Waals surface area contributed by atoms with Crippen LogP contribution >= 0.6 is 11.8 Å². The molecule has 0 saturated carbocycles. The fourth-order valence-corrected chi connectivity index (χ4v) is 4.58. The Morgan fingerprint density at radius 2 is 1.88 bits per heavy atom. The number of fused-ring (bicyclic) bond motifs is 1. The maximum absolute atomic E-state index is 13.5. The van der Waals surface area contributed by atoms with Crippen molar-refractivity contribution in [3.8, 4) is 0 Å². The van der Waals surface area contributed by atoms with Crippen LogP contribution in [0.15, 0.2) is 64.5 Å². The molecule has 2 heterocycles. The van der Waals surface area contributed by atoms with Gasteiger partial charge in [-0.3, -0.25) is 18.8 Å². The number of aromatic nitrogens is 4. The van der Waals surface area contributed by atoms with E-state index < -0.39 is 0 Å². The lowest BCUT2D eigenvalue weighted by atomic mass is 10.1. The summed E-state index contributed by atoms with van der Waals surface area (Å²) in [5, 5.41) is 7.93. The summed E-state index contributed by atoms with van der Waals surface area (Å²) in [6.07, 6.45) is 0.691. The molecule has 1 amide bonds. The fraction of sp³-hybridized carbons (Fsp3) is 0.280. The van der Waals surface area contributed by atoms with Gasteiger partial charge < -0.3 is 5.32 Å². The van der Waals surface area contributed by atoms with Crippen LogP contribution in [0.4, 0.5) is 5.69 Å². The number of nitrogens with zero attached hydrogens (tertiary/aromatic N) is 4. The van der Waals surface area contributed by atoms with Crippen molar-refractivity contribution >= 4 is 34.4 Å². The summed E-state index contributed by atoms with van der Waals surface area (Å²) in [6, 6.07) is 17.7. The molecule has 0 aliphatic carbocycles. The van der Waals surface area contributed by atoms with Gasteiger partial charge in [0.1, 0.15) is 5.52 Å². The molecule has 0 aliphatic heterocycles. The van der Waals surface area contributed by atoms with E-state index in [0.29, 0.717) is 41.4 Å². The summed E-state index contributed by atoms with van der Waals surface area (Å²) in [6.45, 7) is 6.85. The second-order valence-electron chi connectivity index (χ2n) is 7.89. The van der Waals surface area contributed by atoms with Crippen LogP contribution < -0.4 is 10.9 Å². The van der Waals surface area contributed by atoms with E-state index in [1.807, 2.05) is 75.4 Å². The van der Waals surface area contributed by atoms with Crippen molar-refractivity contribution in [1.82, 2.24) is 19.3 Å². The van der Waals surface area contributed by atoms with Gasteiger partial charge in [-0.2, -0.15) is 5.10 Å². The Balaban J connectivity index is 1.62. The number of carbonyl (C=O) groups is 1. The lowest BCUT2D eigenvalue weighted by Crippen LogP contribution is -2.26. The average Bonchev–Trinajstić information content (AvgIpc) is 3.13. The Kier molecular flexibility index (Phi) is 6.93. The minimum atomic E-state index is -0.143. The van der Waals surface area contributed by atoms with E-state index in [1.54, 1.807) is 9.25 Å². The van der Waals surface area contributed by atoms with E-state index in [-0.39, 0.29) is 17.2 Å². The predicted octanol–water partition coefficient (Wildman–Crippen LogP) is 4.20. The normalized spacial score (nSPS) is 11.1. The van der Waals surface area contributed by atoms with Crippen molar-refractivity contribution < 1.29 is 4.79 Å². The topological polar surface area (TPSA) is 81.8 Å². The highest BCUT2D eigenvalue weighted by atomic mass is 32.2. The molecule has 0 radical (unpaired) electrons. The predicted molar refractivity (Wildman–Crippen MR) is 133 cm³/mol. The van der Waals surface area contributed by atoms with Crippen molar-refractivity contribution in [2.24, 2.45) is 0 Å². The van der Waals surface area contributed by atoms with Gasteiger partial charge in [-0.25, -0.2) is 4.98 Å². The minimum absolute atomic E-state index is 0.125. The Labute approximate surface area is 196 Å². The van der Waals surface area contributed by atoms with Crippen LogP contribution in [0, 0.1) is 13.8 Å². The molecule has 0 saturated heterocycles. The summed E-state index contributed by atoms with van der Waals surface area (Å²) in [7, 11) is 0. The number of amides is 1. The van der Waals surface area contributed by atoms with Crippen LogP contribution in [0.5, 0.6) is 0 Å². The van der Waals surface area contributed by atoms with Crippen LogP contribution in [0.3, 0.4) is 0 Å². The number of aryl methyl sites for hydroxylation is 4. The summed E-state index contributed by atoms with van der Waals surface area (Å²) < 4.78 is 3.38. The van der Waals surface area contributed by atoms with Crippen LogP contribution in [0.1, 0.15) is 23.7 Å². The van der Waals surface area contributed by atoms with Crippen molar-refractivity contribution in [1.29, 1.82) is 0 Å². The molecular weight excluding hydrogens is 434 g/mol. The molecule has 2 aromatic carbocycles. The molecule has 2 aromatic heterocycles. The third-order valence-electron chi connectivity index (χ3n) is 5.38. The summed E-state index contributed by atoms with van der Waals surface area (Å²) in [4.78, 5) is 30.8. The number of hydrogen-bond donors (Lipinski definition) is 1. The summed E-state index contributed by atoms with van der Waals surface area (Å²) in [5.74, 6) is 0.00795. The Hall–Kier alpha value is -3.39. The van der Waals surface area contributed by atoms with Gasteiger partial charge in [-0.1, -0.05) is 54.2 Å². The molecule has 0 spiro atoms. The zero-order valence-electron chi connectivity index (χ0n) is 19.0. The van der Waals surface area contributed by atoms with Crippen LogP contribution in [0.25, 0.3) is 11.0 Å². The molecule has 170 valence electrons. The Morgan fingerprint density at radius 1 is 1.09 bits per heavy atom.